The molecule has 3 aliphatic heterocycles. The van der Waals surface area contributed by atoms with Gasteiger partial charge in [-0.25, -0.2) is 14.8 Å². The summed E-state index contributed by atoms with van der Waals surface area (Å²) in [6.07, 6.45) is 3.65. The standard InChI is InChI=1S/C17H24N6O3/c24-16(12-23-9-10-26-17(23)25)22-7-5-21(6-8-22)15-11-14(18-13-19-15)20-3-1-2-4-20/h11,13H,1-10,12H2. The number of ether oxygens (including phenoxy) is 1. The molecule has 3 fully saturated rings. The van der Waals surface area contributed by atoms with Gasteiger partial charge in [0.2, 0.25) is 5.91 Å². The van der Waals surface area contributed by atoms with Crippen molar-refractivity contribution < 1.29 is 14.3 Å². The zero-order valence-corrected chi connectivity index (χ0v) is 14.8. The first-order valence-corrected chi connectivity index (χ1v) is 9.22. The lowest BCUT2D eigenvalue weighted by Crippen LogP contribution is -2.51. The van der Waals surface area contributed by atoms with Crippen LogP contribution < -0.4 is 9.80 Å². The number of nitrogens with zero attached hydrogens (tertiary/aromatic N) is 6. The molecule has 4 rings (SSSR count). The molecule has 0 bridgehead atoms. The van der Waals surface area contributed by atoms with Crippen molar-refractivity contribution in [3.8, 4) is 0 Å². The lowest BCUT2D eigenvalue weighted by Gasteiger charge is -2.36. The minimum atomic E-state index is -0.396. The van der Waals surface area contributed by atoms with Gasteiger partial charge in [0.25, 0.3) is 0 Å². The first-order valence-electron chi connectivity index (χ1n) is 9.22. The van der Waals surface area contributed by atoms with E-state index < -0.39 is 6.09 Å². The Morgan fingerprint density at radius 1 is 0.962 bits per heavy atom. The number of carbonyl (C=O) groups excluding carboxylic acids is 2. The zero-order valence-electron chi connectivity index (χ0n) is 14.8. The topological polar surface area (TPSA) is 82.1 Å². The Morgan fingerprint density at radius 3 is 2.23 bits per heavy atom. The summed E-state index contributed by atoms with van der Waals surface area (Å²) >= 11 is 0. The van der Waals surface area contributed by atoms with Gasteiger partial charge in [-0.3, -0.25) is 9.69 Å². The fourth-order valence-corrected chi connectivity index (χ4v) is 3.65. The predicted molar refractivity (Wildman–Crippen MR) is 95.2 cm³/mol. The largest absolute Gasteiger partial charge is 0.448 e. The zero-order chi connectivity index (χ0) is 17.9. The van der Waals surface area contributed by atoms with Crippen LogP contribution in [-0.4, -0.2) is 90.7 Å². The van der Waals surface area contributed by atoms with Gasteiger partial charge in [0.1, 0.15) is 31.1 Å². The molecule has 26 heavy (non-hydrogen) atoms. The molecule has 4 heterocycles. The van der Waals surface area contributed by atoms with Gasteiger partial charge in [-0.05, 0) is 12.8 Å². The van der Waals surface area contributed by atoms with Crippen LogP contribution in [0.4, 0.5) is 16.4 Å². The Hall–Kier alpha value is -2.58. The van der Waals surface area contributed by atoms with Gasteiger partial charge >= 0.3 is 6.09 Å². The van der Waals surface area contributed by atoms with Crippen molar-refractivity contribution >= 4 is 23.6 Å². The molecular formula is C17H24N6O3. The quantitative estimate of drug-likeness (QED) is 0.757. The van der Waals surface area contributed by atoms with Gasteiger partial charge in [0.15, 0.2) is 0 Å². The molecule has 1 aromatic rings. The maximum Gasteiger partial charge on any atom is 0.410 e. The van der Waals surface area contributed by atoms with Crippen LogP contribution in [-0.2, 0) is 9.53 Å². The molecule has 0 radical (unpaired) electrons. The summed E-state index contributed by atoms with van der Waals surface area (Å²) in [5, 5.41) is 0. The van der Waals surface area contributed by atoms with Crippen molar-refractivity contribution in [1.82, 2.24) is 19.8 Å². The second-order valence-corrected chi connectivity index (χ2v) is 6.83. The van der Waals surface area contributed by atoms with Crippen molar-refractivity contribution in [2.45, 2.75) is 12.8 Å². The Labute approximate surface area is 152 Å². The van der Waals surface area contributed by atoms with E-state index in [0.29, 0.717) is 26.2 Å². The van der Waals surface area contributed by atoms with E-state index in [9.17, 15) is 9.59 Å². The maximum atomic E-state index is 12.4. The van der Waals surface area contributed by atoms with E-state index in [1.54, 1.807) is 6.33 Å². The van der Waals surface area contributed by atoms with E-state index in [4.69, 9.17) is 4.74 Å². The van der Waals surface area contributed by atoms with E-state index >= 15 is 0 Å². The lowest BCUT2D eigenvalue weighted by atomic mass is 10.3. The van der Waals surface area contributed by atoms with Crippen LogP contribution in [0.1, 0.15) is 12.8 Å². The number of carbonyl (C=O) groups is 2. The van der Waals surface area contributed by atoms with Crippen LogP contribution in [0.25, 0.3) is 0 Å². The van der Waals surface area contributed by atoms with Crippen LogP contribution in [0.15, 0.2) is 12.4 Å². The van der Waals surface area contributed by atoms with Crippen molar-refractivity contribution in [2.24, 2.45) is 0 Å². The second-order valence-electron chi connectivity index (χ2n) is 6.83. The van der Waals surface area contributed by atoms with Crippen LogP contribution in [0, 0.1) is 0 Å². The molecule has 0 atom stereocenters. The molecule has 3 saturated heterocycles. The number of anilines is 2. The molecule has 140 valence electrons. The minimum Gasteiger partial charge on any atom is -0.448 e. The van der Waals surface area contributed by atoms with Gasteiger partial charge < -0.3 is 19.4 Å². The second kappa shape index (κ2) is 7.35. The molecule has 3 aliphatic rings. The molecule has 0 saturated carbocycles. The molecule has 0 aliphatic carbocycles. The van der Waals surface area contributed by atoms with Gasteiger partial charge in [0, 0.05) is 45.3 Å². The highest BCUT2D eigenvalue weighted by Crippen LogP contribution is 2.22. The monoisotopic (exact) mass is 360 g/mol. The first kappa shape index (κ1) is 16.9. The van der Waals surface area contributed by atoms with E-state index in [-0.39, 0.29) is 12.5 Å². The summed E-state index contributed by atoms with van der Waals surface area (Å²) in [4.78, 5) is 40.4. The Kier molecular flexibility index (Phi) is 4.77. The van der Waals surface area contributed by atoms with Crippen LogP contribution >= 0.6 is 0 Å². The SMILES string of the molecule is O=C(CN1CCOC1=O)N1CCN(c2cc(N3CCCC3)ncn2)CC1. The molecule has 9 heteroatoms. The first-order chi connectivity index (χ1) is 12.7. The fraction of sp³-hybridized carbons (Fsp3) is 0.647. The molecule has 0 unspecified atom stereocenters. The molecule has 0 aromatic carbocycles. The van der Waals surface area contributed by atoms with Crippen molar-refractivity contribution in [3.05, 3.63) is 12.4 Å². The molecular weight excluding hydrogens is 336 g/mol. The van der Waals surface area contributed by atoms with E-state index in [1.165, 1.54) is 17.7 Å². The highest BCUT2D eigenvalue weighted by molar-refractivity contribution is 5.83. The average Bonchev–Trinajstić information content (AvgIpc) is 3.35. The minimum absolute atomic E-state index is 0.0241. The van der Waals surface area contributed by atoms with Crippen LogP contribution in [0.2, 0.25) is 0 Å². The normalized spacial score (nSPS) is 20.7. The summed E-state index contributed by atoms with van der Waals surface area (Å²) in [5.74, 6) is 1.87. The average molecular weight is 360 g/mol. The van der Waals surface area contributed by atoms with Gasteiger partial charge in [-0.2, -0.15) is 0 Å². The Morgan fingerprint density at radius 2 is 1.62 bits per heavy atom. The number of hydrogen-bond acceptors (Lipinski definition) is 7. The Bertz CT molecular complexity index is 670. The van der Waals surface area contributed by atoms with Crippen LogP contribution in [0.5, 0.6) is 0 Å². The highest BCUT2D eigenvalue weighted by Gasteiger charge is 2.28. The van der Waals surface area contributed by atoms with E-state index in [2.05, 4.69) is 19.8 Å². The lowest BCUT2D eigenvalue weighted by molar-refractivity contribution is -0.132. The molecule has 2 amide bonds. The van der Waals surface area contributed by atoms with Gasteiger partial charge in [-0.15, -0.1) is 0 Å². The van der Waals surface area contributed by atoms with E-state index in [1.807, 2.05) is 11.0 Å². The molecule has 0 spiro atoms. The maximum absolute atomic E-state index is 12.4. The summed E-state index contributed by atoms with van der Waals surface area (Å²) in [5.41, 5.74) is 0. The number of hydrogen-bond donors (Lipinski definition) is 0. The molecule has 1 aromatic heterocycles. The number of aromatic nitrogens is 2. The predicted octanol–water partition coefficient (Wildman–Crippen LogP) is 0.178. The molecule has 9 nitrogen and oxygen atoms in total. The number of cyclic esters (lactones) is 1. The van der Waals surface area contributed by atoms with E-state index in [0.717, 1.165) is 37.8 Å². The van der Waals surface area contributed by atoms with Crippen LogP contribution in [0.3, 0.4) is 0 Å². The molecule has 0 N–H and O–H groups in total. The number of rotatable bonds is 4. The fourth-order valence-electron chi connectivity index (χ4n) is 3.65. The van der Waals surface area contributed by atoms with Gasteiger partial charge in [0.05, 0.1) is 6.54 Å². The summed E-state index contributed by atoms with van der Waals surface area (Å²) in [7, 11) is 0. The third-order valence-electron chi connectivity index (χ3n) is 5.20. The van der Waals surface area contributed by atoms with Crippen molar-refractivity contribution in [3.63, 3.8) is 0 Å². The Balaban J connectivity index is 1.32. The van der Waals surface area contributed by atoms with Gasteiger partial charge in [-0.1, -0.05) is 0 Å². The number of amides is 2. The van der Waals surface area contributed by atoms with Crippen molar-refractivity contribution in [2.75, 3.05) is 68.8 Å². The summed E-state index contributed by atoms with van der Waals surface area (Å²) in [6.45, 7) is 5.79. The third-order valence-corrected chi connectivity index (χ3v) is 5.20. The summed E-state index contributed by atoms with van der Waals surface area (Å²) in [6, 6.07) is 2.04. The third kappa shape index (κ3) is 3.51. The smallest absolute Gasteiger partial charge is 0.410 e. The van der Waals surface area contributed by atoms with Crippen molar-refractivity contribution in [1.29, 1.82) is 0 Å². The highest BCUT2D eigenvalue weighted by atomic mass is 16.6. The number of piperazine rings is 1. The summed E-state index contributed by atoms with van der Waals surface area (Å²) < 4.78 is 4.87.